The number of Topliss-reactive ketones (excluding diaryl/α,β-unsaturated/α-hetero) is 1. The Morgan fingerprint density at radius 1 is 1.31 bits per heavy atom. The number of carbonyl (C=O) groups is 1. The largest absolute Gasteiger partial charge is 0.294 e. The highest BCUT2D eigenvalue weighted by Crippen LogP contribution is 2.32. The van der Waals surface area contributed by atoms with E-state index in [0.29, 0.717) is 5.92 Å². The maximum absolute atomic E-state index is 11.7. The van der Waals surface area contributed by atoms with Crippen LogP contribution in [0.1, 0.15) is 35.2 Å². The molecule has 1 aromatic rings. The molecule has 0 amide bonds. The van der Waals surface area contributed by atoms with E-state index in [2.05, 4.69) is 24.5 Å². The Morgan fingerprint density at radius 3 is 2.56 bits per heavy atom. The van der Waals surface area contributed by atoms with Gasteiger partial charge in [-0.05, 0) is 25.0 Å². The molecule has 1 aliphatic rings. The fraction of sp³-hybridized carbons (Fsp3) is 0.357. The van der Waals surface area contributed by atoms with Gasteiger partial charge >= 0.3 is 0 Å². The molecule has 82 valence electrons. The molecule has 0 atom stereocenters. The molecular formula is C14H14OS. The molecular weight excluding hydrogens is 216 g/mol. The third-order valence-electron chi connectivity index (χ3n) is 2.59. The van der Waals surface area contributed by atoms with Gasteiger partial charge in [0.1, 0.15) is 0 Å². The zero-order valence-corrected chi connectivity index (χ0v) is 9.97. The predicted molar refractivity (Wildman–Crippen MR) is 68.8 cm³/mol. The molecule has 1 saturated carbocycles. The van der Waals surface area contributed by atoms with Crippen LogP contribution in [-0.2, 0) is 0 Å². The summed E-state index contributed by atoms with van der Waals surface area (Å²) >= 11 is 4.09. The second-order valence-electron chi connectivity index (χ2n) is 3.99. The highest BCUT2D eigenvalue weighted by Gasteiger charge is 2.30. The van der Waals surface area contributed by atoms with Gasteiger partial charge in [0.05, 0.1) is 0 Å². The molecule has 0 aromatic heterocycles. The van der Waals surface area contributed by atoms with Gasteiger partial charge in [-0.25, -0.2) is 0 Å². The summed E-state index contributed by atoms with van der Waals surface area (Å²) in [6.45, 7) is 0. The van der Waals surface area contributed by atoms with Crippen molar-refractivity contribution >= 4 is 18.4 Å². The lowest BCUT2D eigenvalue weighted by Crippen LogP contribution is -2.00. The van der Waals surface area contributed by atoms with Crippen molar-refractivity contribution in [3.05, 3.63) is 35.4 Å². The minimum absolute atomic E-state index is 0.287. The van der Waals surface area contributed by atoms with Gasteiger partial charge in [0.15, 0.2) is 5.78 Å². The number of carbonyl (C=O) groups excluding carboxylic acids is 1. The molecule has 1 nitrogen and oxygen atoms in total. The smallest absolute Gasteiger partial charge is 0.165 e. The molecule has 0 unspecified atom stereocenters. The zero-order valence-electron chi connectivity index (χ0n) is 9.07. The number of ketones is 1. The van der Waals surface area contributed by atoms with Crippen LogP contribution in [-0.4, -0.2) is 11.5 Å². The van der Waals surface area contributed by atoms with Crippen molar-refractivity contribution in [1.82, 2.24) is 0 Å². The van der Waals surface area contributed by atoms with Crippen molar-refractivity contribution in [2.24, 2.45) is 5.92 Å². The van der Waals surface area contributed by atoms with E-state index in [9.17, 15) is 4.79 Å². The third-order valence-corrected chi connectivity index (χ3v) is 2.81. The van der Waals surface area contributed by atoms with Crippen LogP contribution in [0.2, 0.25) is 0 Å². The summed E-state index contributed by atoms with van der Waals surface area (Å²) in [6.07, 6.45) is 2.91. The first-order valence-corrected chi connectivity index (χ1v) is 6.18. The Morgan fingerprint density at radius 2 is 2.00 bits per heavy atom. The van der Waals surface area contributed by atoms with Gasteiger partial charge in [-0.1, -0.05) is 24.0 Å². The van der Waals surface area contributed by atoms with E-state index in [0.717, 1.165) is 36.1 Å². The topological polar surface area (TPSA) is 17.1 Å². The van der Waals surface area contributed by atoms with Crippen molar-refractivity contribution < 1.29 is 4.79 Å². The van der Waals surface area contributed by atoms with Crippen LogP contribution >= 0.6 is 12.6 Å². The first-order valence-electron chi connectivity index (χ1n) is 5.55. The summed E-state index contributed by atoms with van der Waals surface area (Å²) < 4.78 is 0. The first-order chi connectivity index (χ1) is 7.81. The Hall–Kier alpha value is -1.20. The van der Waals surface area contributed by atoms with E-state index in [-0.39, 0.29) is 5.78 Å². The van der Waals surface area contributed by atoms with Crippen LogP contribution in [0.4, 0.5) is 0 Å². The lowest BCUT2D eigenvalue weighted by Gasteiger charge is -1.98. The van der Waals surface area contributed by atoms with Gasteiger partial charge in [0, 0.05) is 29.2 Å². The summed E-state index contributed by atoms with van der Waals surface area (Å²) in [6, 6.07) is 7.60. The zero-order chi connectivity index (χ0) is 11.4. The SMILES string of the molecule is O=C(c1ccc(C#CCCS)cc1)C1CC1. The van der Waals surface area contributed by atoms with Gasteiger partial charge in [0.2, 0.25) is 0 Å². The molecule has 0 saturated heterocycles. The van der Waals surface area contributed by atoms with E-state index >= 15 is 0 Å². The molecule has 1 fully saturated rings. The minimum Gasteiger partial charge on any atom is -0.294 e. The van der Waals surface area contributed by atoms with Gasteiger partial charge < -0.3 is 0 Å². The van der Waals surface area contributed by atoms with Crippen molar-refractivity contribution in [1.29, 1.82) is 0 Å². The van der Waals surface area contributed by atoms with Gasteiger partial charge in [-0.2, -0.15) is 12.6 Å². The van der Waals surface area contributed by atoms with E-state index in [1.54, 1.807) is 0 Å². The molecule has 1 aliphatic carbocycles. The molecule has 1 aromatic carbocycles. The Labute approximate surface area is 102 Å². The predicted octanol–water partition coefficient (Wildman–Crippen LogP) is 2.95. The van der Waals surface area contributed by atoms with Gasteiger partial charge in [0.25, 0.3) is 0 Å². The molecule has 2 rings (SSSR count). The van der Waals surface area contributed by atoms with Crippen LogP contribution in [0.3, 0.4) is 0 Å². The second kappa shape index (κ2) is 5.23. The quantitative estimate of drug-likeness (QED) is 0.480. The maximum Gasteiger partial charge on any atom is 0.165 e. The van der Waals surface area contributed by atoms with Crippen molar-refractivity contribution in [3.63, 3.8) is 0 Å². The summed E-state index contributed by atoms with van der Waals surface area (Å²) in [5.41, 5.74) is 1.79. The fourth-order valence-electron chi connectivity index (χ4n) is 1.52. The van der Waals surface area contributed by atoms with Gasteiger partial charge in [-0.15, -0.1) is 0 Å². The molecule has 0 bridgehead atoms. The Bertz CT molecular complexity index is 432. The number of benzene rings is 1. The van der Waals surface area contributed by atoms with Crippen LogP contribution < -0.4 is 0 Å². The van der Waals surface area contributed by atoms with Crippen LogP contribution in [0.25, 0.3) is 0 Å². The standard InChI is InChI=1S/C14H14OS/c15-14(13-8-9-13)12-6-4-11(5-7-12)3-1-2-10-16/h4-7,13,16H,2,8-10H2. The van der Waals surface area contributed by atoms with E-state index in [1.165, 1.54) is 0 Å². The lowest BCUT2D eigenvalue weighted by molar-refractivity contribution is 0.0967. The van der Waals surface area contributed by atoms with E-state index < -0.39 is 0 Å². The highest BCUT2D eigenvalue weighted by atomic mass is 32.1. The fourth-order valence-corrected chi connectivity index (χ4v) is 1.63. The maximum atomic E-state index is 11.7. The molecule has 2 heteroatoms. The Kier molecular flexibility index (Phi) is 3.69. The van der Waals surface area contributed by atoms with E-state index in [1.807, 2.05) is 24.3 Å². The molecule has 0 radical (unpaired) electrons. The molecule has 16 heavy (non-hydrogen) atoms. The van der Waals surface area contributed by atoms with Gasteiger partial charge in [-0.3, -0.25) is 4.79 Å². The monoisotopic (exact) mass is 230 g/mol. The number of hydrogen-bond acceptors (Lipinski definition) is 2. The summed E-state index contributed by atoms with van der Waals surface area (Å²) in [5.74, 6) is 7.43. The van der Waals surface area contributed by atoms with Crippen LogP contribution in [0.15, 0.2) is 24.3 Å². The summed E-state index contributed by atoms with van der Waals surface area (Å²) in [4.78, 5) is 11.7. The lowest BCUT2D eigenvalue weighted by atomic mass is 10.1. The van der Waals surface area contributed by atoms with Crippen molar-refractivity contribution in [2.45, 2.75) is 19.3 Å². The summed E-state index contributed by atoms with van der Waals surface area (Å²) in [5, 5.41) is 0. The Balaban J connectivity index is 2.04. The number of hydrogen-bond donors (Lipinski definition) is 1. The number of rotatable bonds is 3. The molecule has 0 spiro atoms. The second-order valence-corrected chi connectivity index (χ2v) is 4.44. The van der Waals surface area contributed by atoms with Crippen LogP contribution in [0.5, 0.6) is 0 Å². The molecule has 0 N–H and O–H groups in total. The molecule has 0 heterocycles. The average molecular weight is 230 g/mol. The normalized spacial score (nSPS) is 14.1. The van der Waals surface area contributed by atoms with Crippen molar-refractivity contribution in [2.75, 3.05) is 5.75 Å². The minimum atomic E-state index is 0.287. The number of thiol groups is 1. The van der Waals surface area contributed by atoms with Crippen molar-refractivity contribution in [3.8, 4) is 11.8 Å². The van der Waals surface area contributed by atoms with Crippen LogP contribution in [0, 0.1) is 17.8 Å². The summed E-state index contributed by atoms with van der Waals surface area (Å²) in [7, 11) is 0. The average Bonchev–Trinajstić information content (AvgIpc) is 3.13. The molecule has 0 aliphatic heterocycles. The third kappa shape index (κ3) is 2.90. The highest BCUT2D eigenvalue weighted by molar-refractivity contribution is 7.80. The first kappa shape index (κ1) is 11.3. The van der Waals surface area contributed by atoms with E-state index in [4.69, 9.17) is 0 Å².